The molecule has 0 saturated carbocycles. The summed E-state index contributed by atoms with van der Waals surface area (Å²) < 4.78 is 2.41. The SMILES string of the molecule is Cc1ccc(N(c2ccc(C)cc2)c2ccc3c(c2)N(c2ccc(C(C)(C)C)cc2)c2cc(C(C)(C)C)cc4c2B3c2cc(C(C)(C)C)ccc2N4c2cc(N(c3ccc(C)cc3)c3ccc(C)cc3)c3c4ccccc4n(C)c3c2)cc1. The summed E-state index contributed by atoms with van der Waals surface area (Å²) in [6, 6.07) is 79.1. The van der Waals surface area contributed by atoms with E-state index < -0.39 is 0 Å². The van der Waals surface area contributed by atoms with Crippen LogP contribution in [0.4, 0.5) is 68.2 Å². The summed E-state index contributed by atoms with van der Waals surface area (Å²) in [4.78, 5) is 10.1. The van der Waals surface area contributed by atoms with Crippen molar-refractivity contribution in [3.8, 4) is 0 Å². The van der Waals surface area contributed by atoms with E-state index in [0.717, 1.165) is 45.5 Å². The van der Waals surface area contributed by atoms with E-state index in [4.69, 9.17) is 0 Å². The van der Waals surface area contributed by atoms with E-state index in [-0.39, 0.29) is 23.0 Å². The van der Waals surface area contributed by atoms with E-state index in [1.54, 1.807) is 0 Å². The summed E-state index contributed by atoms with van der Waals surface area (Å²) in [6.45, 7) is 29.7. The van der Waals surface area contributed by atoms with E-state index in [1.807, 2.05) is 0 Å². The van der Waals surface area contributed by atoms with Crippen molar-refractivity contribution in [2.24, 2.45) is 7.05 Å². The second-order valence-electron chi connectivity index (χ2n) is 26.8. The molecule has 0 fully saturated rings. The lowest BCUT2D eigenvalue weighted by molar-refractivity contribution is 0.590. The van der Waals surface area contributed by atoms with E-state index in [2.05, 4.69) is 327 Å². The molecule has 0 amide bonds. The van der Waals surface area contributed by atoms with Crippen LogP contribution in [-0.4, -0.2) is 11.3 Å². The van der Waals surface area contributed by atoms with E-state index in [9.17, 15) is 0 Å². The van der Waals surface area contributed by atoms with Crippen LogP contribution in [0.1, 0.15) is 101 Å². The van der Waals surface area contributed by atoms with Gasteiger partial charge in [0.15, 0.2) is 0 Å². The minimum Gasteiger partial charge on any atom is -0.343 e. The maximum absolute atomic E-state index is 2.63. The van der Waals surface area contributed by atoms with Crippen LogP contribution in [0.25, 0.3) is 21.8 Å². The molecular formula is C77H76BN5. The van der Waals surface area contributed by atoms with Gasteiger partial charge in [-0.05, 0) is 186 Å². The summed E-state index contributed by atoms with van der Waals surface area (Å²) in [5.74, 6) is 0. The van der Waals surface area contributed by atoms with Gasteiger partial charge >= 0.3 is 0 Å². The number of hydrogen-bond acceptors (Lipinski definition) is 4. The predicted molar refractivity (Wildman–Crippen MR) is 359 cm³/mol. The molecule has 0 unspecified atom stereocenters. The third-order valence-corrected chi connectivity index (χ3v) is 17.7. The predicted octanol–water partition coefficient (Wildman–Crippen LogP) is 19.5. The highest BCUT2D eigenvalue weighted by atomic mass is 15.2. The molecule has 11 aromatic rings. The number of fused-ring (bicyclic) bond motifs is 7. The van der Waals surface area contributed by atoms with Crippen LogP contribution < -0.4 is 36.0 Å². The summed E-state index contributed by atoms with van der Waals surface area (Å²) >= 11 is 0. The average molecular weight is 1080 g/mol. The maximum atomic E-state index is 2.63. The van der Waals surface area contributed by atoms with Crippen molar-refractivity contribution in [1.29, 1.82) is 0 Å². The fraction of sp³-hybridized carbons (Fsp3) is 0.221. The summed E-state index contributed by atoms with van der Waals surface area (Å²) in [6.07, 6.45) is 0. The average Bonchev–Trinajstić information content (AvgIpc) is 2.89. The molecule has 2 aliphatic rings. The van der Waals surface area contributed by atoms with Gasteiger partial charge < -0.3 is 24.2 Å². The molecule has 0 aliphatic carbocycles. The van der Waals surface area contributed by atoms with E-state index in [0.29, 0.717) is 0 Å². The molecular weight excluding hydrogens is 1010 g/mol. The first-order chi connectivity index (χ1) is 39.6. The lowest BCUT2D eigenvalue weighted by Gasteiger charge is -2.46. The van der Waals surface area contributed by atoms with Crippen molar-refractivity contribution in [2.75, 3.05) is 19.6 Å². The Bertz CT molecular complexity index is 4210. The number of benzene rings is 10. The Morgan fingerprint density at radius 1 is 0.349 bits per heavy atom. The van der Waals surface area contributed by atoms with Crippen LogP contribution in [0.5, 0.6) is 0 Å². The van der Waals surface area contributed by atoms with Gasteiger partial charge in [0.05, 0.1) is 16.9 Å². The molecule has 3 heterocycles. The number of aryl methyl sites for hydroxylation is 5. The van der Waals surface area contributed by atoms with Crippen LogP contribution >= 0.6 is 0 Å². The molecule has 0 radical (unpaired) electrons. The fourth-order valence-electron chi connectivity index (χ4n) is 12.9. The van der Waals surface area contributed by atoms with Gasteiger partial charge in [0, 0.05) is 80.2 Å². The summed E-state index contributed by atoms with van der Waals surface area (Å²) in [5.41, 5.74) is 28.4. The lowest BCUT2D eigenvalue weighted by atomic mass is 9.33. The van der Waals surface area contributed by atoms with Gasteiger partial charge in [-0.15, -0.1) is 0 Å². The molecule has 2 aliphatic heterocycles. The topological polar surface area (TPSA) is 17.9 Å². The Labute approximate surface area is 493 Å². The normalized spacial score (nSPS) is 13.1. The van der Waals surface area contributed by atoms with Gasteiger partial charge in [-0.1, -0.05) is 182 Å². The second-order valence-corrected chi connectivity index (χ2v) is 26.8. The van der Waals surface area contributed by atoms with Gasteiger partial charge in [-0.2, -0.15) is 0 Å². The molecule has 0 N–H and O–H groups in total. The third kappa shape index (κ3) is 9.28. The van der Waals surface area contributed by atoms with Crippen molar-refractivity contribution in [2.45, 2.75) is 106 Å². The van der Waals surface area contributed by atoms with Crippen molar-refractivity contribution in [1.82, 2.24) is 4.57 Å². The van der Waals surface area contributed by atoms with Crippen molar-refractivity contribution < 1.29 is 0 Å². The Hall–Kier alpha value is -8.74. The molecule has 0 bridgehead atoms. The highest BCUT2D eigenvalue weighted by molar-refractivity contribution is 7.00. The standard InChI is InChI=1S/C77H76BN5/c1-49-19-30-56(31-20-49)80(57-32-21-50(2)22-33-57)61-40-41-64-68(46-61)82(60-38-27-53(28-39-60)75(5,6)7)71-44-55(77(11,12)13)45-72-74(71)78(64)65-43-54(76(8,9)10)29-42-67(65)83(72)62-47-69-73(63-17-15-16-18-66(63)79(69)14)70(48-62)81(58-34-23-51(3)24-35-58)59-36-25-52(4)26-37-59/h15-48H,1-14H3. The highest BCUT2D eigenvalue weighted by Gasteiger charge is 2.45. The van der Waals surface area contributed by atoms with Crippen molar-refractivity contribution >= 4 is 113 Å². The fourth-order valence-corrected chi connectivity index (χ4v) is 12.9. The van der Waals surface area contributed by atoms with Gasteiger partial charge in [-0.25, -0.2) is 0 Å². The minimum absolute atomic E-state index is 0.0158. The van der Waals surface area contributed by atoms with Crippen LogP contribution in [-0.2, 0) is 23.3 Å². The Kier molecular flexibility index (Phi) is 12.7. The van der Waals surface area contributed by atoms with Gasteiger partial charge in [0.2, 0.25) is 0 Å². The number of rotatable bonds is 8. The molecule has 0 spiro atoms. The first-order valence-corrected chi connectivity index (χ1v) is 29.7. The molecule has 10 aromatic carbocycles. The number of hydrogen-bond donors (Lipinski definition) is 0. The van der Waals surface area contributed by atoms with Crippen LogP contribution in [0.3, 0.4) is 0 Å². The molecule has 412 valence electrons. The number of aromatic nitrogens is 1. The zero-order chi connectivity index (χ0) is 58.0. The van der Waals surface area contributed by atoms with Crippen molar-refractivity contribution in [3.63, 3.8) is 0 Å². The zero-order valence-corrected chi connectivity index (χ0v) is 50.9. The lowest BCUT2D eigenvalue weighted by Crippen LogP contribution is -2.61. The van der Waals surface area contributed by atoms with E-state index >= 15 is 0 Å². The Morgan fingerprint density at radius 2 is 0.819 bits per heavy atom. The largest absolute Gasteiger partial charge is 0.343 e. The summed E-state index contributed by atoms with van der Waals surface area (Å²) in [7, 11) is 2.24. The molecule has 6 heteroatoms. The van der Waals surface area contributed by atoms with Gasteiger partial charge in [0.25, 0.3) is 6.71 Å². The molecule has 13 rings (SSSR count). The Balaban J connectivity index is 1.14. The zero-order valence-electron chi connectivity index (χ0n) is 50.9. The monoisotopic (exact) mass is 1080 g/mol. The Morgan fingerprint density at radius 3 is 1.34 bits per heavy atom. The van der Waals surface area contributed by atoms with Gasteiger partial charge in [0.1, 0.15) is 0 Å². The molecule has 83 heavy (non-hydrogen) atoms. The quantitative estimate of drug-likeness (QED) is 0.141. The first kappa shape index (κ1) is 53.6. The molecule has 0 atom stereocenters. The maximum Gasteiger partial charge on any atom is 0.252 e. The first-order valence-electron chi connectivity index (χ1n) is 29.7. The third-order valence-electron chi connectivity index (χ3n) is 17.7. The minimum atomic E-state index is -0.209. The smallest absolute Gasteiger partial charge is 0.252 e. The highest BCUT2D eigenvalue weighted by Crippen LogP contribution is 2.52. The summed E-state index contributed by atoms with van der Waals surface area (Å²) in [5, 5.41) is 2.45. The molecule has 5 nitrogen and oxygen atoms in total. The number of anilines is 12. The molecule has 0 saturated heterocycles. The number of para-hydroxylation sites is 1. The number of nitrogens with zero attached hydrogens (tertiary/aromatic N) is 5. The van der Waals surface area contributed by atoms with Crippen LogP contribution in [0, 0.1) is 27.7 Å². The van der Waals surface area contributed by atoms with E-state index in [1.165, 1.54) is 99.9 Å². The van der Waals surface area contributed by atoms with Crippen LogP contribution in [0.15, 0.2) is 206 Å². The molecule has 1 aromatic heterocycles. The van der Waals surface area contributed by atoms with Crippen LogP contribution in [0.2, 0.25) is 0 Å². The van der Waals surface area contributed by atoms with Crippen molar-refractivity contribution in [3.05, 3.63) is 245 Å². The van der Waals surface area contributed by atoms with Gasteiger partial charge in [-0.3, -0.25) is 0 Å². The second kappa shape index (κ2) is 19.7.